The molecule has 272 valence electrons. The predicted molar refractivity (Wildman–Crippen MR) is 180 cm³/mol. The van der Waals surface area contributed by atoms with Gasteiger partial charge in [-0.1, -0.05) is 44.2 Å². The van der Waals surface area contributed by atoms with E-state index in [0.717, 1.165) is 5.56 Å². The summed E-state index contributed by atoms with van der Waals surface area (Å²) in [4.78, 5) is 90.7. The summed E-state index contributed by atoms with van der Waals surface area (Å²) in [6.45, 7) is 13.4. The second kappa shape index (κ2) is 19.3. The fraction of sp³-hybridized carbons (Fsp3) is 0.606. The first kappa shape index (κ1) is 40.4. The van der Waals surface area contributed by atoms with E-state index in [-0.39, 0.29) is 31.0 Å². The maximum Gasteiger partial charge on any atom is 0.408 e. The Morgan fingerprint density at radius 1 is 0.714 bits per heavy atom. The van der Waals surface area contributed by atoms with E-state index in [1.807, 2.05) is 18.2 Å². The highest BCUT2D eigenvalue weighted by molar-refractivity contribution is 5.95. The first-order chi connectivity index (χ1) is 23.0. The number of nitrogens with zero attached hydrogens (tertiary/aromatic N) is 1. The summed E-state index contributed by atoms with van der Waals surface area (Å²) in [5.41, 5.74) is 5.85. The Labute approximate surface area is 287 Å². The fourth-order valence-electron chi connectivity index (χ4n) is 4.88. The molecule has 6 atom stereocenters. The summed E-state index contributed by atoms with van der Waals surface area (Å²) in [5, 5.41) is 13.0. The first-order valence-corrected chi connectivity index (χ1v) is 16.6. The average Bonchev–Trinajstić information content (AvgIpc) is 3.54. The third-order valence-electron chi connectivity index (χ3n) is 7.74. The lowest BCUT2D eigenvalue weighted by molar-refractivity contribution is -0.142. The number of likely N-dealkylation sites (tertiary alicyclic amines) is 1. The molecular formula is C33H52N8O8. The maximum atomic E-state index is 13.4. The van der Waals surface area contributed by atoms with Gasteiger partial charge in [-0.05, 0) is 65.9 Å². The second-order valence-corrected chi connectivity index (χ2v) is 12.8. The van der Waals surface area contributed by atoms with Crippen LogP contribution in [0, 0.1) is 5.92 Å². The zero-order valence-corrected chi connectivity index (χ0v) is 29.5. The van der Waals surface area contributed by atoms with Crippen molar-refractivity contribution < 1.29 is 38.3 Å². The van der Waals surface area contributed by atoms with E-state index in [1.54, 1.807) is 46.8 Å². The van der Waals surface area contributed by atoms with Gasteiger partial charge in [-0.15, -0.1) is 0 Å². The Hall–Kier alpha value is -4.73. The van der Waals surface area contributed by atoms with Gasteiger partial charge in [0.05, 0.1) is 0 Å². The Morgan fingerprint density at radius 2 is 1.29 bits per heavy atom. The SMILES string of the molecule is CC(C)NC(=O)[C@H](C)NC(=O)[C@H](C)NNC(=O)[C@@H](NC(=O)[C@@H]1CCCN1C(=O)[C@H](C)NC(=O)[C@H](C)NC(=O)OCc1ccccc1)C(C)C. The van der Waals surface area contributed by atoms with Gasteiger partial charge in [0, 0.05) is 12.6 Å². The van der Waals surface area contributed by atoms with Crippen molar-refractivity contribution >= 4 is 41.5 Å². The van der Waals surface area contributed by atoms with Crippen molar-refractivity contribution in [3.05, 3.63) is 35.9 Å². The summed E-state index contributed by atoms with van der Waals surface area (Å²) >= 11 is 0. The Kier molecular flexibility index (Phi) is 15.9. The van der Waals surface area contributed by atoms with Gasteiger partial charge in [-0.25, -0.2) is 10.2 Å². The highest BCUT2D eigenvalue weighted by Crippen LogP contribution is 2.19. The van der Waals surface area contributed by atoms with Crippen LogP contribution in [0.1, 0.15) is 73.8 Å². The number of amides is 7. The van der Waals surface area contributed by atoms with Crippen molar-refractivity contribution in [1.82, 2.24) is 42.3 Å². The van der Waals surface area contributed by atoms with Crippen LogP contribution in [0.3, 0.4) is 0 Å². The molecule has 49 heavy (non-hydrogen) atoms. The van der Waals surface area contributed by atoms with Gasteiger partial charge < -0.3 is 36.2 Å². The maximum absolute atomic E-state index is 13.4. The fourth-order valence-corrected chi connectivity index (χ4v) is 4.88. The molecule has 7 N–H and O–H groups in total. The largest absolute Gasteiger partial charge is 0.445 e. The van der Waals surface area contributed by atoms with E-state index in [0.29, 0.717) is 12.8 Å². The van der Waals surface area contributed by atoms with Gasteiger partial charge >= 0.3 is 6.09 Å². The molecule has 16 nitrogen and oxygen atoms in total. The van der Waals surface area contributed by atoms with Crippen LogP contribution in [-0.2, 0) is 40.1 Å². The van der Waals surface area contributed by atoms with Crippen LogP contribution in [0.2, 0.25) is 0 Å². The topological polar surface area (TPSA) is 216 Å². The van der Waals surface area contributed by atoms with Crippen molar-refractivity contribution in [2.24, 2.45) is 5.92 Å². The summed E-state index contributed by atoms with van der Waals surface area (Å²) < 4.78 is 5.14. The average molecular weight is 689 g/mol. The van der Waals surface area contributed by atoms with Crippen LogP contribution in [0.15, 0.2) is 30.3 Å². The number of nitrogens with one attached hydrogen (secondary N) is 7. The van der Waals surface area contributed by atoms with E-state index in [9.17, 15) is 33.6 Å². The van der Waals surface area contributed by atoms with Crippen LogP contribution < -0.4 is 37.4 Å². The normalized spacial score (nSPS) is 17.2. The lowest BCUT2D eigenvalue weighted by Crippen LogP contribution is -2.60. The second-order valence-electron chi connectivity index (χ2n) is 12.8. The molecule has 0 aromatic heterocycles. The predicted octanol–water partition coefficient (Wildman–Crippen LogP) is -0.0236. The van der Waals surface area contributed by atoms with Crippen LogP contribution in [0.4, 0.5) is 4.79 Å². The lowest BCUT2D eigenvalue weighted by atomic mass is 10.0. The van der Waals surface area contributed by atoms with Crippen molar-refractivity contribution in [3.63, 3.8) is 0 Å². The van der Waals surface area contributed by atoms with Gasteiger partial charge in [0.15, 0.2) is 0 Å². The van der Waals surface area contributed by atoms with E-state index < -0.39 is 71.9 Å². The lowest BCUT2D eigenvalue weighted by Gasteiger charge is -2.30. The Morgan fingerprint density at radius 3 is 1.90 bits per heavy atom. The number of rotatable bonds is 16. The molecule has 1 aliphatic heterocycles. The van der Waals surface area contributed by atoms with Gasteiger partial charge in [-0.3, -0.25) is 34.2 Å². The molecule has 0 aliphatic carbocycles. The molecule has 16 heteroatoms. The third kappa shape index (κ3) is 13.0. The minimum Gasteiger partial charge on any atom is -0.445 e. The molecule has 0 spiro atoms. The van der Waals surface area contributed by atoms with E-state index in [1.165, 1.54) is 25.7 Å². The summed E-state index contributed by atoms with van der Waals surface area (Å²) in [6.07, 6.45) is 0.100. The van der Waals surface area contributed by atoms with Crippen LogP contribution >= 0.6 is 0 Å². The molecule has 1 aliphatic rings. The quantitative estimate of drug-likeness (QED) is 0.116. The van der Waals surface area contributed by atoms with Crippen molar-refractivity contribution in [3.8, 4) is 0 Å². The summed E-state index contributed by atoms with van der Waals surface area (Å²) in [6, 6.07) is 3.36. The zero-order valence-electron chi connectivity index (χ0n) is 29.5. The highest BCUT2D eigenvalue weighted by Gasteiger charge is 2.38. The van der Waals surface area contributed by atoms with E-state index in [2.05, 4.69) is 37.4 Å². The van der Waals surface area contributed by atoms with Crippen molar-refractivity contribution in [1.29, 1.82) is 0 Å². The molecule has 0 saturated carbocycles. The number of benzene rings is 1. The van der Waals surface area contributed by atoms with Crippen molar-refractivity contribution in [2.75, 3.05) is 6.54 Å². The molecule has 0 bridgehead atoms. The number of carbonyl (C=O) groups excluding carboxylic acids is 7. The van der Waals surface area contributed by atoms with E-state index >= 15 is 0 Å². The monoisotopic (exact) mass is 688 g/mol. The molecule has 2 rings (SSSR count). The number of hydrogen-bond donors (Lipinski definition) is 7. The van der Waals surface area contributed by atoms with Crippen LogP contribution in [-0.4, -0.2) is 95.3 Å². The van der Waals surface area contributed by atoms with Crippen LogP contribution in [0.25, 0.3) is 0 Å². The number of hydrazine groups is 1. The minimum absolute atomic E-state index is 0.0275. The molecule has 1 aromatic carbocycles. The Balaban J connectivity index is 1.89. The zero-order chi connectivity index (χ0) is 36.8. The smallest absolute Gasteiger partial charge is 0.408 e. The van der Waals surface area contributed by atoms with Crippen LogP contribution in [0.5, 0.6) is 0 Å². The molecule has 0 radical (unpaired) electrons. The molecule has 1 aromatic rings. The summed E-state index contributed by atoms with van der Waals surface area (Å²) in [5.74, 6) is -3.47. The van der Waals surface area contributed by atoms with Gasteiger partial charge in [0.25, 0.3) is 5.91 Å². The number of alkyl carbamates (subject to hydrolysis) is 1. The molecule has 1 fully saturated rings. The standard InChI is InChI=1S/C33H52N8O8/c1-18(2)26(31(46)40-39-22(7)29(44)35-20(5)27(42)34-19(3)4)38-30(45)25-15-12-16-41(25)32(47)23(8)36-28(43)21(6)37-33(48)49-17-24-13-10-9-11-14-24/h9-11,13-14,18-23,25-26,39H,12,15-17H2,1-8H3,(H,34,42)(H,35,44)(H,36,43)(H,37,48)(H,38,45)(H,40,46)/t20-,21-,22-,23-,25-,26-/m0/s1. The molecule has 0 unspecified atom stereocenters. The van der Waals surface area contributed by atoms with Gasteiger partial charge in [0.2, 0.25) is 29.5 Å². The number of ether oxygens (including phenoxy) is 1. The van der Waals surface area contributed by atoms with Crippen molar-refractivity contribution in [2.45, 2.75) is 117 Å². The molecule has 1 heterocycles. The number of carbonyl (C=O) groups is 7. The minimum atomic E-state index is -1.01. The molecule has 7 amide bonds. The Bertz CT molecular complexity index is 1320. The molecular weight excluding hydrogens is 636 g/mol. The third-order valence-corrected chi connectivity index (χ3v) is 7.74. The molecule has 1 saturated heterocycles. The van der Waals surface area contributed by atoms with E-state index in [4.69, 9.17) is 4.74 Å². The first-order valence-electron chi connectivity index (χ1n) is 16.6. The van der Waals surface area contributed by atoms with Gasteiger partial charge in [-0.2, -0.15) is 0 Å². The summed E-state index contributed by atoms with van der Waals surface area (Å²) in [7, 11) is 0. The van der Waals surface area contributed by atoms with Gasteiger partial charge in [0.1, 0.15) is 42.9 Å². The highest BCUT2D eigenvalue weighted by atomic mass is 16.5. The number of hydrogen-bond acceptors (Lipinski definition) is 9.